The second-order valence-corrected chi connectivity index (χ2v) is 10.2. The van der Waals surface area contributed by atoms with Crippen LogP contribution in [-0.4, -0.2) is 27.2 Å². The fraction of sp³-hybridized carbons (Fsp3) is 0.462. The van der Waals surface area contributed by atoms with E-state index >= 15 is 0 Å². The van der Waals surface area contributed by atoms with Crippen LogP contribution >= 0.6 is 0 Å². The van der Waals surface area contributed by atoms with Crippen molar-refractivity contribution in [2.24, 2.45) is 11.3 Å². The lowest BCUT2D eigenvalue weighted by Gasteiger charge is -2.53. The average Bonchev–Trinajstić information content (AvgIpc) is 3.41. The number of aromatic nitrogens is 2. The van der Waals surface area contributed by atoms with Gasteiger partial charge in [-0.2, -0.15) is 5.10 Å². The van der Waals surface area contributed by atoms with E-state index in [2.05, 4.69) is 53.5 Å². The second kappa shape index (κ2) is 5.42. The Hall–Kier alpha value is -2.46. The number of allylic oxidation sites excluding steroid dienone is 3. The van der Waals surface area contributed by atoms with Crippen LogP contribution in [0.2, 0.25) is 0 Å². The highest BCUT2D eigenvalue weighted by Crippen LogP contribution is 2.67. The van der Waals surface area contributed by atoms with Gasteiger partial charge in [0.05, 0.1) is 22.9 Å². The Morgan fingerprint density at radius 1 is 1.20 bits per heavy atom. The fourth-order valence-electron chi connectivity index (χ4n) is 7.35. The molecule has 4 atom stereocenters. The Kier molecular flexibility index (Phi) is 3.11. The molecule has 5 aliphatic rings. The smallest absolute Gasteiger partial charge is 0.136 e. The summed E-state index contributed by atoms with van der Waals surface area (Å²) in [6.07, 6.45) is 15.4. The van der Waals surface area contributed by atoms with Gasteiger partial charge >= 0.3 is 0 Å². The topological polar surface area (TPSA) is 55.0 Å². The molecular formula is C26H26N2O2. The SMILES string of the molecule is CC12CC=C3C=C4CCC(=O)C[C@]45CC[C@]3(O5)C1CC=C2c1ccc2cn[nH]c2c1. The van der Waals surface area contributed by atoms with Crippen molar-refractivity contribution < 1.29 is 9.53 Å². The number of nitrogens with zero attached hydrogens (tertiary/aromatic N) is 1. The van der Waals surface area contributed by atoms with Crippen LogP contribution in [0.3, 0.4) is 0 Å². The maximum atomic E-state index is 12.3. The molecule has 2 fully saturated rings. The molecule has 30 heavy (non-hydrogen) atoms. The molecule has 7 rings (SSSR count). The molecule has 2 aliphatic heterocycles. The lowest BCUT2D eigenvalue weighted by Crippen LogP contribution is -2.53. The zero-order valence-electron chi connectivity index (χ0n) is 17.3. The van der Waals surface area contributed by atoms with E-state index in [9.17, 15) is 4.79 Å². The minimum Gasteiger partial charge on any atom is -0.359 e. The highest BCUT2D eigenvalue weighted by molar-refractivity contribution is 5.85. The Balaban J connectivity index is 1.33. The van der Waals surface area contributed by atoms with Crippen LogP contribution in [0.4, 0.5) is 0 Å². The molecule has 0 amide bonds. The number of carbonyl (C=O) groups is 1. The van der Waals surface area contributed by atoms with Gasteiger partial charge in [-0.1, -0.05) is 37.3 Å². The van der Waals surface area contributed by atoms with Gasteiger partial charge in [0, 0.05) is 29.6 Å². The molecule has 2 unspecified atom stereocenters. The summed E-state index contributed by atoms with van der Waals surface area (Å²) in [4.78, 5) is 12.3. The number of ketones is 1. The number of H-pyrrole nitrogens is 1. The predicted octanol–water partition coefficient (Wildman–Crippen LogP) is 5.28. The summed E-state index contributed by atoms with van der Waals surface area (Å²) < 4.78 is 7.07. The summed E-state index contributed by atoms with van der Waals surface area (Å²) >= 11 is 0. The zero-order chi connectivity index (χ0) is 20.1. The number of hydrogen-bond donors (Lipinski definition) is 1. The number of hydrogen-bond acceptors (Lipinski definition) is 3. The summed E-state index contributed by atoms with van der Waals surface area (Å²) in [6, 6.07) is 6.65. The van der Waals surface area contributed by atoms with Crippen LogP contribution in [0.1, 0.15) is 57.4 Å². The lowest BCUT2D eigenvalue weighted by molar-refractivity contribution is -0.143. The normalized spacial score (nSPS) is 39.2. The highest BCUT2D eigenvalue weighted by Gasteiger charge is 2.65. The van der Waals surface area contributed by atoms with Crippen molar-refractivity contribution >= 4 is 22.3 Å². The molecule has 1 saturated carbocycles. The van der Waals surface area contributed by atoms with Crippen molar-refractivity contribution in [3.8, 4) is 0 Å². The third kappa shape index (κ3) is 1.96. The molecule has 3 heterocycles. The largest absolute Gasteiger partial charge is 0.359 e. The van der Waals surface area contributed by atoms with Gasteiger partial charge in [0.2, 0.25) is 0 Å². The lowest BCUT2D eigenvalue weighted by atomic mass is 9.58. The standard InChI is InChI=1S/C26H26N2O2/c1-24-9-8-19-13-18-4-5-20(29)14-25(18)10-11-26(19,30-25)23(24)7-6-21(24)16-2-3-17-15-27-28-22(17)12-16/h2-3,6,8,12-13,15,23H,4-5,7,9-11,14H2,1H3,(H,27,28)/t23?,24?,25-,26-/m1/s1. The number of aromatic amines is 1. The van der Waals surface area contributed by atoms with Crippen LogP contribution in [0.15, 0.2) is 53.8 Å². The number of rotatable bonds is 1. The van der Waals surface area contributed by atoms with Gasteiger partial charge in [-0.25, -0.2) is 0 Å². The Morgan fingerprint density at radius 3 is 3.07 bits per heavy atom. The van der Waals surface area contributed by atoms with Crippen molar-refractivity contribution in [1.29, 1.82) is 0 Å². The summed E-state index contributed by atoms with van der Waals surface area (Å²) in [6.45, 7) is 2.43. The maximum absolute atomic E-state index is 12.3. The molecule has 4 nitrogen and oxygen atoms in total. The summed E-state index contributed by atoms with van der Waals surface area (Å²) in [5.41, 5.74) is 6.08. The van der Waals surface area contributed by atoms with Gasteiger partial charge in [-0.15, -0.1) is 0 Å². The van der Waals surface area contributed by atoms with Gasteiger partial charge in [0.15, 0.2) is 0 Å². The summed E-state index contributed by atoms with van der Waals surface area (Å²) in [5.74, 6) is 0.792. The first kappa shape index (κ1) is 17.2. The third-order valence-electron chi connectivity index (χ3n) is 8.84. The van der Waals surface area contributed by atoms with E-state index in [1.165, 1.54) is 22.3 Å². The molecule has 2 bridgehead atoms. The first-order chi connectivity index (χ1) is 14.5. The van der Waals surface area contributed by atoms with E-state index in [4.69, 9.17) is 4.74 Å². The second-order valence-electron chi connectivity index (χ2n) is 10.2. The van der Waals surface area contributed by atoms with E-state index in [0.29, 0.717) is 24.5 Å². The van der Waals surface area contributed by atoms with Crippen molar-refractivity contribution in [1.82, 2.24) is 10.2 Å². The predicted molar refractivity (Wildman–Crippen MR) is 116 cm³/mol. The van der Waals surface area contributed by atoms with Crippen molar-refractivity contribution in [3.63, 3.8) is 0 Å². The minimum absolute atomic E-state index is 0.0484. The third-order valence-corrected chi connectivity index (χ3v) is 8.84. The van der Waals surface area contributed by atoms with Crippen molar-refractivity contribution in [2.75, 3.05) is 0 Å². The highest BCUT2D eigenvalue weighted by atomic mass is 16.5. The van der Waals surface area contributed by atoms with Gasteiger partial charge in [0.1, 0.15) is 5.78 Å². The molecule has 2 spiro atoms. The number of benzene rings is 1. The number of carbonyl (C=O) groups excluding carboxylic acids is 1. The van der Waals surface area contributed by atoms with E-state index in [1.807, 2.05) is 6.20 Å². The zero-order valence-corrected chi connectivity index (χ0v) is 17.3. The first-order valence-electron chi connectivity index (χ1n) is 11.3. The minimum atomic E-state index is -0.317. The van der Waals surface area contributed by atoms with Gasteiger partial charge in [0.25, 0.3) is 0 Å². The monoisotopic (exact) mass is 398 g/mol. The Labute approximate surface area is 176 Å². The van der Waals surface area contributed by atoms with Crippen molar-refractivity contribution in [3.05, 3.63) is 59.3 Å². The van der Waals surface area contributed by atoms with Gasteiger partial charge < -0.3 is 4.74 Å². The average molecular weight is 399 g/mol. The molecule has 152 valence electrons. The molecular weight excluding hydrogens is 372 g/mol. The van der Waals surface area contributed by atoms with Crippen LogP contribution in [-0.2, 0) is 9.53 Å². The Bertz CT molecular complexity index is 1220. The number of Topliss-reactive ketones (excluding diaryl/α,β-unsaturated/α-hetero) is 1. The molecule has 3 aliphatic carbocycles. The van der Waals surface area contributed by atoms with Crippen LogP contribution in [0.5, 0.6) is 0 Å². The number of fused-ring (bicyclic) bond motifs is 2. The maximum Gasteiger partial charge on any atom is 0.136 e. The summed E-state index contributed by atoms with van der Waals surface area (Å²) in [5, 5.41) is 8.46. The molecule has 1 saturated heterocycles. The van der Waals surface area contributed by atoms with E-state index in [-0.39, 0.29) is 16.6 Å². The number of nitrogens with one attached hydrogen (secondary N) is 1. The van der Waals surface area contributed by atoms with Crippen LogP contribution < -0.4 is 0 Å². The van der Waals surface area contributed by atoms with E-state index < -0.39 is 0 Å². The van der Waals surface area contributed by atoms with Crippen LogP contribution in [0, 0.1) is 11.3 Å². The van der Waals surface area contributed by atoms with E-state index in [0.717, 1.165) is 43.0 Å². The first-order valence-corrected chi connectivity index (χ1v) is 11.3. The molecule has 1 aromatic heterocycles. The van der Waals surface area contributed by atoms with Crippen LogP contribution in [0.25, 0.3) is 16.5 Å². The van der Waals surface area contributed by atoms with Gasteiger partial charge in [-0.05, 0) is 60.5 Å². The molecule has 4 heteroatoms. The number of ether oxygens (including phenoxy) is 1. The molecule has 0 radical (unpaired) electrons. The summed E-state index contributed by atoms with van der Waals surface area (Å²) in [7, 11) is 0. The molecule has 1 N–H and O–H groups in total. The molecule has 1 aromatic carbocycles. The Morgan fingerprint density at radius 2 is 2.13 bits per heavy atom. The quantitative estimate of drug-likeness (QED) is 0.711. The van der Waals surface area contributed by atoms with E-state index in [1.54, 1.807) is 0 Å². The van der Waals surface area contributed by atoms with Gasteiger partial charge in [-0.3, -0.25) is 9.89 Å². The van der Waals surface area contributed by atoms with Crippen molar-refractivity contribution in [2.45, 2.75) is 63.1 Å². The molecule has 2 aromatic rings. The fourth-order valence-corrected chi connectivity index (χ4v) is 7.35.